The first-order valence-electron chi connectivity index (χ1n) is 9.26. The van der Waals surface area contributed by atoms with Crippen molar-refractivity contribution in [3.05, 3.63) is 54.6 Å². The van der Waals surface area contributed by atoms with Crippen LogP contribution in [0.4, 0.5) is 5.69 Å². The molecule has 1 aromatic heterocycles. The van der Waals surface area contributed by atoms with E-state index in [9.17, 15) is 4.79 Å². The number of benzene rings is 2. The van der Waals surface area contributed by atoms with Gasteiger partial charge in [-0.25, -0.2) is 0 Å². The highest BCUT2D eigenvalue weighted by Crippen LogP contribution is 2.26. The van der Waals surface area contributed by atoms with Gasteiger partial charge in [-0.1, -0.05) is 43.3 Å². The largest absolute Gasteiger partial charge is 0.497 e. The predicted molar refractivity (Wildman–Crippen MR) is 113 cm³/mol. The van der Waals surface area contributed by atoms with E-state index < -0.39 is 0 Å². The fourth-order valence-electron chi connectivity index (χ4n) is 2.72. The summed E-state index contributed by atoms with van der Waals surface area (Å²) >= 11 is 1.40. The maximum Gasteiger partial charge on any atom is 0.234 e. The average Bonchev–Trinajstić information content (AvgIpc) is 3.14. The lowest BCUT2D eigenvalue weighted by Gasteiger charge is -2.10. The summed E-state index contributed by atoms with van der Waals surface area (Å²) in [5, 5.41) is 12.4. The molecule has 3 rings (SSSR count). The SMILES string of the molecule is CCCCn1c(SCC(=O)Nc2ccccc2)nnc1-c1ccc(OC)cc1. The Kier molecular flexibility index (Phi) is 7.08. The second kappa shape index (κ2) is 9.94. The number of nitrogens with zero attached hydrogens (tertiary/aromatic N) is 3. The van der Waals surface area contributed by atoms with Gasteiger partial charge in [-0.05, 0) is 42.8 Å². The maximum atomic E-state index is 12.3. The van der Waals surface area contributed by atoms with Crippen molar-refractivity contribution >= 4 is 23.4 Å². The van der Waals surface area contributed by atoms with E-state index >= 15 is 0 Å². The van der Waals surface area contributed by atoms with Crippen LogP contribution < -0.4 is 10.1 Å². The molecule has 0 aliphatic heterocycles. The second-order valence-electron chi connectivity index (χ2n) is 6.24. The van der Waals surface area contributed by atoms with E-state index in [1.807, 2.05) is 54.6 Å². The van der Waals surface area contributed by atoms with Crippen LogP contribution in [0, 0.1) is 0 Å². The summed E-state index contributed by atoms with van der Waals surface area (Å²) in [7, 11) is 1.65. The molecule has 0 unspecified atom stereocenters. The van der Waals surface area contributed by atoms with Crippen LogP contribution in [-0.4, -0.2) is 33.5 Å². The predicted octanol–water partition coefficient (Wildman–Crippen LogP) is 4.48. The zero-order valence-electron chi connectivity index (χ0n) is 16.1. The number of ether oxygens (including phenoxy) is 1. The van der Waals surface area contributed by atoms with E-state index in [-0.39, 0.29) is 11.7 Å². The molecule has 1 heterocycles. The first kappa shape index (κ1) is 19.9. The van der Waals surface area contributed by atoms with Crippen molar-refractivity contribution in [3.8, 4) is 17.1 Å². The molecule has 28 heavy (non-hydrogen) atoms. The van der Waals surface area contributed by atoms with Gasteiger partial charge in [0.15, 0.2) is 11.0 Å². The van der Waals surface area contributed by atoms with Crippen molar-refractivity contribution in [1.82, 2.24) is 14.8 Å². The van der Waals surface area contributed by atoms with Gasteiger partial charge >= 0.3 is 0 Å². The third-order valence-corrected chi connectivity index (χ3v) is 5.16. The van der Waals surface area contributed by atoms with Gasteiger partial charge in [0.05, 0.1) is 12.9 Å². The molecule has 0 saturated carbocycles. The molecule has 0 bridgehead atoms. The van der Waals surface area contributed by atoms with E-state index in [0.29, 0.717) is 0 Å². The number of rotatable bonds is 9. The number of methoxy groups -OCH3 is 1. The van der Waals surface area contributed by atoms with Crippen molar-refractivity contribution in [1.29, 1.82) is 0 Å². The van der Waals surface area contributed by atoms with Crippen LogP contribution in [0.5, 0.6) is 5.75 Å². The van der Waals surface area contributed by atoms with Gasteiger partial charge in [0, 0.05) is 17.8 Å². The quantitative estimate of drug-likeness (QED) is 0.540. The molecular weight excluding hydrogens is 372 g/mol. The summed E-state index contributed by atoms with van der Waals surface area (Å²) in [6, 6.07) is 17.2. The summed E-state index contributed by atoms with van der Waals surface area (Å²) in [4.78, 5) is 12.3. The Morgan fingerprint density at radius 3 is 2.54 bits per heavy atom. The Labute approximate surface area is 169 Å². The number of nitrogens with one attached hydrogen (secondary N) is 1. The van der Waals surface area contributed by atoms with Crippen molar-refractivity contribution in [2.45, 2.75) is 31.5 Å². The highest BCUT2D eigenvalue weighted by molar-refractivity contribution is 7.99. The minimum atomic E-state index is -0.0627. The van der Waals surface area contributed by atoms with Gasteiger partial charge in [-0.15, -0.1) is 10.2 Å². The van der Waals surface area contributed by atoms with Crippen LogP contribution in [0.1, 0.15) is 19.8 Å². The topological polar surface area (TPSA) is 69.0 Å². The van der Waals surface area contributed by atoms with Crippen molar-refractivity contribution in [2.75, 3.05) is 18.2 Å². The second-order valence-corrected chi connectivity index (χ2v) is 7.19. The van der Waals surface area contributed by atoms with E-state index in [1.54, 1.807) is 7.11 Å². The van der Waals surface area contributed by atoms with Gasteiger partial charge in [-0.3, -0.25) is 4.79 Å². The molecular formula is C21H24N4O2S. The number of amides is 1. The van der Waals surface area contributed by atoms with Gasteiger partial charge in [0.2, 0.25) is 5.91 Å². The fourth-order valence-corrected chi connectivity index (χ4v) is 3.48. The molecule has 0 aliphatic carbocycles. The number of hydrogen-bond acceptors (Lipinski definition) is 5. The minimum absolute atomic E-state index is 0.0627. The molecule has 6 nitrogen and oxygen atoms in total. The number of hydrogen-bond donors (Lipinski definition) is 1. The van der Waals surface area contributed by atoms with Crippen LogP contribution in [0.3, 0.4) is 0 Å². The third-order valence-electron chi connectivity index (χ3n) is 4.19. The lowest BCUT2D eigenvalue weighted by molar-refractivity contribution is -0.113. The molecule has 0 atom stereocenters. The Morgan fingerprint density at radius 1 is 1.11 bits per heavy atom. The summed E-state index contributed by atoms with van der Waals surface area (Å²) in [5.74, 6) is 1.83. The van der Waals surface area contributed by atoms with E-state index in [2.05, 4.69) is 27.0 Å². The molecule has 1 N–H and O–H groups in total. The van der Waals surface area contributed by atoms with E-state index in [1.165, 1.54) is 11.8 Å². The number of carbonyl (C=O) groups is 1. The van der Waals surface area contributed by atoms with Crippen LogP contribution in [-0.2, 0) is 11.3 Å². The van der Waals surface area contributed by atoms with Crippen LogP contribution in [0.25, 0.3) is 11.4 Å². The molecule has 0 saturated heterocycles. The monoisotopic (exact) mass is 396 g/mol. The molecule has 0 fully saturated rings. The molecule has 0 aliphatic rings. The molecule has 2 aromatic carbocycles. The first-order valence-corrected chi connectivity index (χ1v) is 10.2. The van der Waals surface area contributed by atoms with Crippen molar-refractivity contribution in [3.63, 3.8) is 0 Å². The number of aromatic nitrogens is 3. The van der Waals surface area contributed by atoms with E-state index in [4.69, 9.17) is 4.74 Å². The van der Waals surface area contributed by atoms with Crippen LogP contribution in [0.15, 0.2) is 59.8 Å². The number of para-hydroxylation sites is 1. The highest BCUT2D eigenvalue weighted by Gasteiger charge is 2.15. The maximum absolute atomic E-state index is 12.3. The molecule has 0 radical (unpaired) electrons. The standard InChI is InChI=1S/C21H24N4O2S/c1-3-4-14-25-20(16-10-12-18(27-2)13-11-16)23-24-21(25)28-15-19(26)22-17-8-6-5-7-9-17/h5-13H,3-4,14-15H2,1-2H3,(H,22,26). The number of carbonyl (C=O) groups excluding carboxylic acids is 1. The number of anilines is 1. The van der Waals surface area contributed by atoms with E-state index in [0.717, 1.165) is 47.4 Å². The van der Waals surface area contributed by atoms with Gasteiger partial charge in [0.25, 0.3) is 0 Å². The van der Waals surface area contributed by atoms with Gasteiger partial charge < -0.3 is 14.6 Å². The zero-order valence-corrected chi connectivity index (χ0v) is 16.9. The van der Waals surface area contributed by atoms with Crippen molar-refractivity contribution in [2.24, 2.45) is 0 Å². The average molecular weight is 397 g/mol. The fraction of sp³-hybridized carbons (Fsp3) is 0.286. The summed E-state index contributed by atoms with van der Waals surface area (Å²) in [6.07, 6.45) is 2.09. The molecule has 3 aromatic rings. The summed E-state index contributed by atoms with van der Waals surface area (Å²) in [5.41, 5.74) is 1.77. The lowest BCUT2D eigenvalue weighted by atomic mass is 10.2. The molecule has 146 valence electrons. The normalized spacial score (nSPS) is 10.6. The number of unbranched alkanes of at least 4 members (excludes halogenated alkanes) is 1. The third kappa shape index (κ3) is 5.13. The molecule has 1 amide bonds. The van der Waals surface area contributed by atoms with Gasteiger partial charge in [-0.2, -0.15) is 0 Å². The molecule has 0 spiro atoms. The Morgan fingerprint density at radius 2 is 1.86 bits per heavy atom. The Balaban J connectivity index is 1.72. The van der Waals surface area contributed by atoms with Gasteiger partial charge in [0.1, 0.15) is 5.75 Å². The molecule has 7 heteroatoms. The highest BCUT2D eigenvalue weighted by atomic mass is 32.2. The first-order chi connectivity index (χ1) is 13.7. The van der Waals surface area contributed by atoms with Crippen LogP contribution >= 0.6 is 11.8 Å². The summed E-state index contributed by atoms with van der Waals surface area (Å²) in [6.45, 7) is 2.96. The smallest absolute Gasteiger partial charge is 0.234 e. The zero-order chi connectivity index (χ0) is 19.8. The Bertz CT molecular complexity index is 895. The van der Waals surface area contributed by atoms with Crippen molar-refractivity contribution < 1.29 is 9.53 Å². The number of thioether (sulfide) groups is 1. The Hall–Kier alpha value is -2.80. The lowest BCUT2D eigenvalue weighted by Crippen LogP contribution is -2.14. The summed E-state index contributed by atoms with van der Waals surface area (Å²) < 4.78 is 7.32. The van der Waals surface area contributed by atoms with Crippen LogP contribution in [0.2, 0.25) is 0 Å². The minimum Gasteiger partial charge on any atom is -0.497 e.